The molecule has 1 aliphatic rings. The van der Waals surface area contributed by atoms with Gasteiger partial charge in [-0.05, 0) is 6.16 Å². The fraction of sp³-hybridized carbons (Fsp3) is 0.188. The average molecular weight is 455 g/mol. The molecule has 0 aliphatic heterocycles. The molecule has 0 saturated carbocycles. The molecule has 2 aromatic rings. The predicted octanol–water partition coefficient (Wildman–Crippen LogP) is -1.66. The molecule has 0 fully saturated rings. The first kappa shape index (κ1) is 19.5. The van der Waals surface area contributed by atoms with Gasteiger partial charge in [0.2, 0.25) is 0 Å². The molecule has 102 valence electrons. The summed E-state index contributed by atoms with van der Waals surface area (Å²) in [5.41, 5.74) is 0. The number of allylic oxidation sites excluding steroid dienone is 4. The summed E-state index contributed by atoms with van der Waals surface area (Å²) in [4.78, 5) is 0. The Morgan fingerprint density at radius 2 is 1.95 bits per heavy atom. The van der Waals surface area contributed by atoms with Crippen molar-refractivity contribution in [3.05, 3.63) is 59.9 Å². The van der Waals surface area contributed by atoms with Crippen LogP contribution in [0.4, 0.5) is 0 Å². The van der Waals surface area contributed by atoms with Crippen molar-refractivity contribution < 1.29 is 35.3 Å². The van der Waals surface area contributed by atoms with E-state index in [9.17, 15) is 0 Å². The van der Waals surface area contributed by atoms with Crippen molar-refractivity contribution in [3.8, 4) is 0 Å². The van der Waals surface area contributed by atoms with Gasteiger partial charge in [0.25, 0.3) is 0 Å². The fourth-order valence-electron chi connectivity index (χ4n) is 2.42. The monoisotopic (exact) mass is 456 g/mol. The van der Waals surface area contributed by atoms with Gasteiger partial charge in [-0.2, -0.15) is 12.1 Å². The van der Waals surface area contributed by atoms with Gasteiger partial charge in [-0.15, -0.1) is 54.7 Å². The minimum atomic E-state index is -0.199. The normalized spacial score (nSPS) is 13.9. The van der Waals surface area contributed by atoms with Crippen LogP contribution in [-0.2, 0) is 25.8 Å². The van der Waals surface area contributed by atoms with Gasteiger partial charge in [-0.25, -0.2) is 11.4 Å². The van der Waals surface area contributed by atoms with Crippen molar-refractivity contribution in [3.63, 3.8) is 0 Å². The van der Waals surface area contributed by atoms with Crippen molar-refractivity contribution in [2.45, 2.75) is 13.3 Å². The van der Waals surface area contributed by atoms with Crippen molar-refractivity contribution in [1.82, 2.24) is 0 Å². The molecule has 0 bridgehead atoms. The Hall–Kier alpha value is -0.530. The smallest absolute Gasteiger partial charge is 1.00 e. The Morgan fingerprint density at radius 1 is 1.20 bits per heavy atom. The number of hydrogen-bond donors (Lipinski definition) is 0. The zero-order chi connectivity index (χ0) is 11.7. The number of fused-ring (bicyclic) bond motifs is 1. The molecule has 1 aliphatic carbocycles. The Kier molecular flexibility index (Phi) is 8.46. The first-order chi connectivity index (χ1) is 8.40. The molecular weight excluding hydrogens is 440 g/mol. The second-order valence-electron chi connectivity index (χ2n) is 4.22. The Labute approximate surface area is 138 Å². The van der Waals surface area contributed by atoms with Crippen LogP contribution < -0.4 is 14.7 Å². The molecule has 2 aromatic carbocycles. The third-order valence-electron chi connectivity index (χ3n) is 3.23. The van der Waals surface area contributed by atoms with Crippen molar-refractivity contribution >= 4 is 24.0 Å². The summed E-state index contributed by atoms with van der Waals surface area (Å²) in [6.45, 7) is 2.29. The van der Waals surface area contributed by atoms with Crippen LogP contribution in [0.2, 0.25) is 0 Å². The van der Waals surface area contributed by atoms with Gasteiger partial charge >= 0.3 is 25.8 Å². The molecule has 0 nitrogen and oxygen atoms in total. The van der Waals surface area contributed by atoms with Crippen LogP contribution in [0.1, 0.15) is 13.3 Å². The number of benzene rings is 1. The van der Waals surface area contributed by atoms with Gasteiger partial charge in [0.15, 0.2) is 0 Å². The first-order valence-corrected chi connectivity index (χ1v) is 7.62. The van der Waals surface area contributed by atoms with Crippen LogP contribution in [0.5, 0.6) is 0 Å². The zero-order valence-electron chi connectivity index (χ0n) is 11.2. The van der Waals surface area contributed by atoms with E-state index in [2.05, 4.69) is 61.5 Å². The van der Waals surface area contributed by atoms with E-state index in [0.29, 0.717) is 0 Å². The minimum absolute atomic E-state index is 0. The Morgan fingerprint density at radius 3 is 2.60 bits per heavy atom. The summed E-state index contributed by atoms with van der Waals surface area (Å²) >= 11 is 0. The third kappa shape index (κ3) is 3.56. The number of rotatable bonds is 3. The molecule has 0 amide bonds. The van der Waals surface area contributed by atoms with Crippen LogP contribution in [-0.4, -0.2) is 6.16 Å². The maximum absolute atomic E-state index is 3.49. The van der Waals surface area contributed by atoms with E-state index in [1.807, 2.05) is 0 Å². The molecular formula is C16H15F2HfP. The summed E-state index contributed by atoms with van der Waals surface area (Å²) in [6.07, 6.45) is 10.2. The van der Waals surface area contributed by atoms with Crippen molar-refractivity contribution in [1.29, 1.82) is 0 Å². The summed E-state index contributed by atoms with van der Waals surface area (Å²) in [5.74, 6) is 0. The third-order valence-corrected chi connectivity index (χ3v) is 5.72. The van der Waals surface area contributed by atoms with Gasteiger partial charge in [0.1, 0.15) is 0 Å². The summed E-state index contributed by atoms with van der Waals surface area (Å²) < 4.78 is 0. The molecule has 0 aromatic heterocycles. The second-order valence-corrected chi connectivity index (χ2v) is 6.67. The maximum atomic E-state index is 3.49. The van der Waals surface area contributed by atoms with Crippen LogP contribution in [0.25, 0.3) is 10.8 Å². The first-order valence-electron chi connectivity index (χ1n) is 6.09. The quantitative estimate of drug-likeness (QED) is 0.296. The molecule has 0 radical (unpaired) electrons. The van der Waals surface area contributed by atoms with Crippen LogP contribution in [0.3, 0.4) is 0 Å². The van der Waals surface area contributed by atoms with Gasteiger partial charge in [-0.3, -0.25) is 6.08 Å². The molecule has 0 saturated heterocycles. The Bertz CT molecular complexity index is 601. The largest absolute Gasteiger partial charge is 4.00 e. The van der Waals surface area contributed by atoms with Crippen LogP contribution in [0.15, 0.2) is 53.9 Å². The SMILES string of the molecule is CCP(C1=[C-]CC=C1)[c-]1ccc2ccccc21.[F-].[F-].[Hf+4]. The molecule has 0 N–H and O–H groups in total. The molecule has 3 rings (SSSR count). The average Bonchev–Trinajstić information content (AvgIpc) is 3.01. The predicted molar refractivity (Wildman–Crippen MR) is 77.1 cm³/mol. The molecule has 1 atom stereocenters. The zero-order valence-corrected chi connectivity index (χ0v) is 15.7. The minimum Gasteiger partial charge on any atom is -1.00 e. The van der Waals surface area contributed by atoms with E-state index in [1.54, 1.807) is 0 Å². The molecule has 4 heteroatoms. The summed E-state index contributed by atoms with van der Waals surface area (Å²) in [6, 6.07) is 13.2. The second kappa shape index (κ2) is 8.69. The topological polar surface area (TPSA) is 0 Å². The fourth-order valence-corrected chi connectivity index (χ4v) is 4.68. The maximum Gasteiger partial charge on any atom is 4.00 e. The van der Waals surface area contributed by atoms with Crippen molar-refractivity contribution in [2.75, 3.05) is 6.16 Å². The van der Waals surface area contributed by atoms with E-state index in [1.165, 1.54) is 27.6 Å². The standard InChI is InChI=1S/C16H15P.2FH.Hf/c1-2-17(14-8-4-5-9-14)16-12-11-13-7-3-6-10-15(13)16;;;/h3-4,6-8,10-12H,2,5H2,1H3;2*1H;/q-2;;;+4/p-2. The van der Waals surface area contributed by atoms with E-state index < -0.39 is 0 Å². The van der Waals surface area contributed by atoms with E-state index in [-0.39, 0.29) is 43.2 Å². The van der Waals surface area contributed by atoms with E-state index in [4.69, 9.17) is 0 Å². The van der Waals surface area contributed by atoms with Crippen LogP contribution >= 0.6 is 7.92 Å². The molecule has 1 unspecified atom stereocenters. The van der Waals surface area contributed by atoms with Crippen molar-refractivity contribution in [2.24, 2.45) is 0 Å². The van der Waals surface area contributed by atoms with Gasteiger partial charge < -0.3 is 9.41 Å². The van der Waals surface area contributed by atoms with E-state index >= 15 is 0 Å². The molecule has 0 heterocycles. The van der Waals surface area contributed by atoms with Gasteiger partial charge in [-0.1, -0.05) is 13.0 Å². The van der Waals surface area contributed by atoms with E-state index in [0.717, 1.165) is 6.42 Å². The molecule has 0 spiro atoms. The Balaban J connectivity index is 0.00000120. The van der Waals surface area contributed by atoms with Gasteiger partial charge in [0.05, 0.1) is 0 Å². The van der Waals surface area contributed by atoms with Gasteiger partial charge in [0, 0.05) is 0 Å². The van der Waals surface area contributed by atoms with Crippen LogP contribution in [0, 0.1) is 6.08 Å². The molecule has 20 heavy (non-hydrogen) atoms. The summed E-state index contributed by atoms with van der Waals surface area (Å²) in [7, 11) is -0.199. The summed E-state index contributed by atoms with van der Waals surface area (Å²) in [5, 5.41) is 5.74. The number of halogens is 2. The number of hydrogen-bond acceptors (Lipinski definition) is 0.